The standard InChI is InChI=1S/C26H31ClN2O/c1-4-25(28)26(22-8-6-5-7-17(22)2)12-9-20(10-13-26)30-24-15-19-11-14-29-18(3)21(19)16-23(24)27/h5-8,11,14-16,20,25,29H,3-4,9-10,12-13,28H2,1-2H3. The molecule has 158 valence electrons. The zero-order valence-electron chi connectivity index (χ0n) is 17.9. The number of aryl methyl sites for hydroxylation is 1. The summed E-state index contributed by atoms with van der Waals surface area (Å²) in [4.78, 5) is 0. The fourth-order valence-corrected chi connectivity index (χ4v) is 5.34. The first kappa shape index (κ1) is 21.0. The molecule has 1 heterocycles. The topological polar surface area (TPSA) is 47.3 Å². The van der Waals surface area contributed by atoms with Crippen molar-refractivity contribution in [2.45, 2.75) is 63.5 Å². The van der Waals surface area contributed by atoms with Crippen molar-refractivity contribution in [2.75, 3.05) is 0 Å². The summed E-state index contributed by atoms with van der Waals surface area (Å²) in [5.41, 5.74) is 12.4. The third-order valence-electron chi connectivity index (χ3n) is 6.90. The summed E-state index contributed by atoms with van der Waals surface area (Å²) < 4.78 is 6.40. The summed E-state index contributed by atoms with van der Waals surface area (Å²) in [7, 11) is 0. The van der Waals surface area contributed by atoms with Crippen LogP contribution in [0, 0.1) is 6.92 Å². The summed E-state index contributed by atoms with van der Waals surface area (Å²) in [5, 5.41) is 3.76. The average Bonchev–Trinajstić information content (AvgIpc) is 2.75. The Morgan fingerprint density at radius 2 is 2.00 bits per heavy atom. The van der Waals surface area contributed by atoms with E-state index < -0.39 is 0 Å². The number of fused-ring (bicyclic) bond motifs is 1. The normalized spacial score (nSPS) is 24.1. The zero-order chi connectivity index (χ0) is 21.3. The van der Waals surface area contributed by atoms with Crippen LogP contribution in [0.1, 0.15) is 61.3 Å². The molecule has 2 aromatic carbocycles. The molecule has 2 aromatic rings. The van der Waals surface area contributed by atoms with Gasteiger partial charge in [0.1, 0.15) is 5.75 Å². The van der Waals surface area contributed by atoms with Gasteiger partial charge in [0.2, 0.25) is 0 Å². The molecule has 3 nitrogen and oxygen atoms in total. The van der Waals surface area contributed by atoms with Crippen LogP contribution in [-0.2, 0) is 5.41 Å². The zero-order valence-corrected chi connectivity index (χ0v) is 18.6. The lowest BCUT2D eigenvalue weighted by Gasteiger charge is -2.45. The molecule has 0 amide bonds. The summed E-state index contributed by atoms with van der Waals surface area (Å²) in [6, 6.07) is 12.8. The first-order valence-electron chi connectivity index (χ1n) is 10.9. The van der Waals surface area contributed by atoms with E-state index in [2.05, 4.69) is 50.0 Å². The molecule has 4 rings (SSSR count). The lowest BCUT2D eigenvalue weighted by atomic mass is 9.63. The second-order valence-corrected chi connectivity index (χ2v) is 9.04. The quantitative estimate of drug-likeness (QED) is 0.603. The van der Waals surface area contributed by atoms with Gasteiger partial charge in [-0.05, 0) is 73.9 Å². The molecular weight excluding hydrogens is 392 g/mol. The van der Waals surface area contributed by atoms with Gasteiger partial charge in [0, 0.05) is 28.9 Å². The number of rotatable bonds is 5. The third-order valence-corrected chi connectivity index (χ3v) is 7.19. The number of hydrogen-bond donors (Lipinski definition) is 2. The molecule has 1 fully saturated rings. The molecule has 1 atom stereocenters. The number of ether oxygens (including phenoxy) is 1. The number of benzene rings is 2. The van der Waals surface area contributed by atoms with Crippen molar-refractivity contribution < 1.29 is 4.74 Å². The Balaban J connectivity index is 1.54. The van der Waals surface area contributed by atoms with Gasteiger partial charge in [-0.25, -0.2) is 0 Å². The summed E-state index contributed by atoms with van der Waals surface area (Å²) in [6.45, 7) is 8.44. The van der Waals surface area contributed by atoms with Crippen molar-refractivity contribution >= 4 is 23.4 Å². The second kappa shape index (κ2) is 8.49. The van der Waals surface area contributed by atoms with E-state index in [1.54, 1.807) is 0 Å². The van der Waals surface area contributed by atoms with E-state index in [1.807, 2.05) is 24.4 Å². The van der Waals surface area contributed by atoms with Crippen molar-refractivity contribution in [3.05, 3.63) is 76.5 Å². The third kappa shape index (κ3) is 3.77. The van der Waals surface area contributed by atoms with Crippen LogP contribution in [0.2, 0.25) is 5.02 Å². The predicted molar refractivity (Wildman–Crippen MR) is 127 cm³/mol. The van der Waals surface area contributed by atoms with Gasteiger partial charge < -0.3 is 15.8 Å². The fourth-order valence-electron chi connectivity index (χ4n) is 5.13. The fraction of sp³-hybridized carbons (Fsp3) is 0.385. The Morgan fingerprint density at radius 3 is 2.70 bits per heavy atom. The Hall–Kier alpha value is -2.23. The van der Waals surface area contributed by atoms with E-state index >= 15 is 0 Å². The molecule has 0 saturated heterocycles. The van der Waals surface area contributed by atoms with Gasteiger partial charge in [-0.1, -0.05) is 49.4 Å². The van der Waals surface area contributed by atoms with Gasteiger partial charge in [0.05, 0.1) is 11.1 Å². The second-order valence-electron chi connectivity index (χ2n) is 8.63. The van der Waals surface area contributed by atoms with Crippen molar-refractivity contribution in [1.29, 1.82) is 0 Å². The van der Waals surface area contributed by atoms with Crippen LogP contribution >= 0.6 is 11.6 Å². The Labute approximate surface area is 185 Å². The number of halogens is 1. The first-order chi connectivity index (χ1) is 14.4. The minimum atomic E-state index is 0.0196. The molecule has 1 aliphatic carbocycles. The van der Waals surface area contributed by atoms with Gasteiger partial charge in [-0.2, -0.15) is 0 Å². The van der Waals surface area contributed by atoms with Crippen LogP contribution in [0.3, 0.4) is 0 Å². The molecule has 3 N–H and O–H groups in total. The van der Waals surface area contributed by atoms with E-state index in [0.717, 1.165) is 54.7 Å². The Morgan fingerprint density at radius 1 is 1.27 bits per heavy atom. The number of nitrogens with two attached hydrogens (primary N) is 1. The van der Waals surface area contributed by atoms with Crippen molar-refractivity contribution in [3.8, 4) is 5.75 Å². The first-order valence-corrected chi connectivity index (χ1v) is 11.3. The van der Waals surface area contributed by atoms with E-state index in [-0.39, 0.29) is 17.6 Å². The lowest BCUT2D eigenvalue weighted by Crippen LogP contribution is -2.49. The summed E-state index contributed by atoms with van der Waals surface area (Å²) >= 11 is 6.55. The lowest BCUT2D eigenvalue weighted by molar-refractivity contribution is 0.103. The maximum atomic E-state index is 6.71. The van der Waals surface area contributed by atoms with Gasteiger partial charge in [0.15, 0.2) is 0 Å². The van der Waals surface area contributed by atoms with Crippen LogP contribution < -0.4 is 15.8 Å². The Bertz CT molecular complexity index is 973. The SMILES string of the molecule is C=C1NC=Cc2cc(OC3CCC(c4ccccc4C)(C(N)CC)CC3)c(Cl)cc21. The molecule has 30 heavy (non-hydrogen) atoms. The Kier molecular flexibility index (Phi) is 5.95. The van der Waals surface area contributed by atoms with Crippen LogP contribution in [-0.4, -0.2) is 12.1 Å². The van der Waals surface area contributed by atoms with E-state index in [1.165, 1.54) is 11.1 Å². The molecular formula is C26H31ClN2O. The van der Waals surface area contributed by atoms with Crippen LogP contribution in [0.15, 0.2) is 49.2 Å². The minimum Gasteiger partial charge on any atom is -0.489 e. The average molecular weight is 423 g/mol. The molecule has 0 bridgehead atoms. The summed E-state index contributed by atoms with van der Waals surface area (Å²) in [5.74, 6) is 0.753. The van der Waals surface area contributed by atoms with Crippen LogP contribution in [0.25, 0.3) is 11.8 Å². The van der Waals surface area contributed by atoms with Crippen molar-refractivity contribution in [1.82, 2.24) is 5.32 Å². The van der Waals surface area contributed by atoms with Crippen molar-refractivity contribution in [3.63, 3.8) is 0 Å². The highest BCUT2D eigenvalue weighted by atomic mass is 35.5. The molecule has 1 aliphatic heterocycles. The van der Waals surface area contributed by atoms with E-state index in [0.29, 0.717) is 5.02 Å². The van der Waals surface area contributed by atoms with Crippen LogP contribution in [0.5, 0.6) is 5.75 Å². The van der Waals surface area contributed by atoms with E-state index in [4.69, 9.17) is 22.1 Å². The molecule has 2 aliphatic rings. The summed E-state index contributed by atoms with van der Waals surface area (Å²) in [6.07, 6.45) is 9.04. The molecule has 1 saturated carbocycles. The predicted octanol–water partition coefficient (Wildman–Crippen LogP) is 6.19. The highest BCUT2D eigenvalue weighted by Crippen LogP contribution is 2.45. The van der Waals surface area contributed by atoms with Gasteiger partial charge in [-0.3, -0.25) is 0 Å². The molecule has 0 spiro atoms. The maximum absolute atomic E-state index is 6.71. The maximum Gasteiger partial charge on any atom is 0.138 e. The minimum absolute atomic E-state index is 0.0196. The van der Waals surface area contributed by atoms with Gasteiger partial charge in [0.25, 0.3) is 0 Å². The number of nitrogens with one attached hydrogen (secondary N) is 1. The molecule has 0 radical (unpaired) electrons. The smallest absolute Gasteiger partial charge is 0.138 e. The van der Waals surface area contributed by atoms with Crippen LogP contribution in [0.4, 0.5) is 0 Å². The molecule has 1 unspecified atom stereocenters. The highest BCUT2D eigenvalue weighted by molar-refractivity contribution is 6.32. The largest absolute Gasteiger partial charge is 0.489 e. The van der Waals surface area contributed by atoms with Gasteiger partial charge in [-0.15, -0.1) is 0 Å². The highest BCUT2D eigenvalue weighted by Gasteiger charge is 2.42. The van der Waals surface area contributed by atoms with E-state index in [9.17, 15) is 0 Å². The molecule has 4 heteroatoms. The monoisotopic (exact) mass is 422 g/mol. The number of hydrogen-bond acceptors (Lipinski definition) is 3. The van der Waals surface area contributed by atoms with Crippen molar-refractivity contribution in [2.24, 2.45) is 5.73 Å². The molecule has 0 aromatic heterocycles. The van der Waals surface area contributed by atoms with Gasteiger partial charge >= 0.3 is 0 Å².